The Morgan fingerprint density at radius 3 is 2.88 bits per heavy atom. The van der Waals surface area contributed by atoms with Crippen LogP contribution in [0.4, 0.5) is 5.82 Å². The van der Waals surface area contributed by atoms with Gasteiger partial charge in [-0.1, -0.05) is 11.6 Å². The molecule has 0 atom stereocenters. The molecule has 8 heteroatoms. The maximum atomic E-state index is 11.9. The molecule has 0 saturated heterocycles. The number of aromatic hydroxyl groups is 1. The molecule has 1 aromatic carbocycles. The number of hydrogen-bond acceptors (Lipinski definition) is 6. The SMILES string of the molecule is O=C(COC(=O)Cc1coc2cc(O)ccc12)Nc1ccc(Cl)cn1. The van der Waals surface area contributed by atoms with Crippen molar-refractivity contribution in [3.8, 4) is 5.75 Å². The lowest BCUT2D eigenvalue weighted by atomic mass is 10.1. The number of fused-ring (bicyclic) bond motifs is 1. The van der Waals surface area contributed by atoms with E-state index in [-0.39, 0.29) is 12.2 Å². The van der Waals surface area contributed by atoms with Crippen LogP contribution in [0.15, 0.2) is 47.2 Å². The summed E-state index contributed by atoms with van der Waals surface area (Å²) in [7, 11) is 0. The second-order valence-electron chi connectivity index (χ2n) is 5.19. The molecule has 0 aliphatic heterocycles. The van der Waals surface area contributed by atoms with Crippen LogP contribution in [-0.4, -0.2) is 28.6 Å². The van der Waals surface area contributed by atoms with Crippen molar-refractivity contribution in [3.05, 3.63) is 53.4 Å². The minimum Gasteiger partial charge on any atom is -0.508 e. The molecule has 2 N–H and O–H groups in total. The van der Waals surface area contributed by atoms with E-state index >= 15 is 0 Å². The predicted molar refractivity (Wildman–Crippen MR) is 90.4 cm³/mol. The van der Waals surface area contributed by atoms with Gasteiger partial charge in [-0.2, -0.15) is 0 Å². The molecule has 0 bridgehead atoms. The largest absolute Gasteiger partial charge is 0.508 e. The van der Waals surface area contributed by atoms with Crippen molar-refractivity contribution in [3.63, 3.8) is 0 Å². The first-order valence-electron chi connectivity index (χ1n) is 7.27. The third-order valence-electron chi connectivity index (χ3n) is 3.33. The summed E-state index contributed by atoms with van der Waals surface area (Å²) in [5, 5.41) is 13.0. The lowest BCUT2D eigenvalue weighted by Gasteiger charge is -2.05. The molecule has 3 aromatic rings. The molecule has 0 saturated carbocycles. The first-order chi connectivity index (χ1) is 12.0. The Hall–Kier alpha value is -3.06. The molecule has 2 aromatic heterocycles. The Bertz CT molecular complexity index is 920. The third kappa shape index (κ3) is 4.27. The van der Waals surface area contributed by atoms with Gasteiger partial charge in [0.2, 0.25) is 0 Å². The summed E-state index contributed by atoms with van der Waals surface area (Å²) < 4.78 is 10.2. The van der Waals surface area contributed by atoms with Gasteiger partial charge in [0.15, 0.2) is 6.61 Å². The van der Waals surface area contributed by atoms with Gasteiger partial charge in [0.25, 0.3) is 5.91 Å². The molecule has 0 aliphatic carbocycles. The summed E-state index contributed by atoms with van der Waals surface area (Å²) in [6.07, 6.45) is 2.76. The van der Waals surface area contributed by atoms with E-state index in [4.69, 9.17) is 20.8 Å². The Balaban J connectivity index is 1.53. The van der Waals surface area contributed by atoms with E-state index in [0.29, 0.717) is 27.4 Å². The first kappa shape index (κ1) is 16.8. The second kappa shape index (κ2) is 7.23. The molecule has 128 valence electrons. The lowest BCUT2D eigenvalue weighted by Crippen LogP contribution is -2.22. The normalized spacial score (nSPS) is 10.6. The second-order valence-corrected chi connectivity index (χ2v) is 5.63. The highest BCUT2D eigenvalue weighted by Crippen LogP contribution is 2.25. The number of aromatic nitrogens is 1. The van der Waals surface area contributed by atoms with Crippen LogP contribution in [0.5, 0.6) is 5.75 Å². The van der Waals surface area contributed by atoms with Gasteiger partial charge >= 0.3 is 5.97 Å². The number of nitrogens with zero attached hydrogens (tertiary/aromatic N) is 1. The van der Waals surface area contributed by atoms with Crippen LogP contribution in [0.3, 0.4) is 0 Å². The van der Waals surface area contributed by atoms with Crippen LogP contribution < -0.4 is 5.32 Å². The lowest BCUT2D eigenvalue weighted by molar-refractivity contribution is -0.146. The molecule has 0 radical (unpaired) electrons. The van der Waals surface area contributed by atoms with E-state index in [1.165, 1.54) is 30.7 Å². The number of esters is 1. The number of carbonyl (C=O) groups is 2. The number of anilines is 1. The number of halogens is 1. The average Bonchev–Trinajstić information content (AvgIpc) is 2.97. The van der Waals surface area contributed by atoms with E-state index in [1.807, 2.05) is 0 Å². The molecular weight excluding hydrogens is 348 g/mol. The van der Waals surface area contributed by atoms with E-state index in [1.54, 1.807) is 12.1 Å². The van der Waals surface area contributed by atoms with Crippen molar-refractivity contribution in [1.29, 1.82) is 0 Å². The Kier molecular flexibility index (Phi) is 4.85. The highest BCUT2D eigenvalue weighted by Gasteiger charge is 2.13. The summed E-state index contributed by atoms with van der Waals surface area (Å²) in [6.45, 7) is -0.431. The number of ether oxygens (including phenoxy) is 1. The van der Waals surface area contributed by atoms with E-state index in [2.05, 4.69) is 10.3 Å². The summed E-state index contributed by atoms with van der Waals surface area (Å²) in [6, 6.07) is 7.72. The van der Waals surface area contributed by atoms with Crippen molar-refractivity contribution >= 4 is 40.3 Å². The summed E-state index contributed by atoms with van der Waals surface area (Å²) in [5.74, 6) is -0.699. The van der Waals surface area contributed by atoms with Gasteiger partial charge in [-0.05, 0) is 24.3 Å². The number of pyridine rings is 1. The maximum absolute atomic E-state index is 11.9. The fourth-order valence-corrected chi connectivity index (χ4v) is 2.30. The molecule has 2 heterocycles. The molecule has 1 amide bonds. The van der Waals surface area contributed by atoms with E-state index in [0.717, 1.165) is 0 Å². The molecule has 25 heavy (non-hydrogen) atoms. The summed E-state index contributed by atoms with van der Waals surface area (Å²) >= 11 is 5.70. The van der Waals surface area contributed by atoms with Crippen molar-refractivity contribution < 1.29 is 23.8 Å². The molecular formula is C17H13ClN2O5. The summed E-state index contributed by atoms with van der Waals surface area (Å²) in [4.78, 5) is 27.6. The number of rotatable bonds is 5. The fraction of sp³-hybridized carbons (Fsp3) is 0.118. The molecule has 0 unspecified atom stereocenters. The first-order valence-corrected chi connectivity index (χ1v) is 7.65. The maximum Gasteiger partial charge on any atom is 0.310 e. The van der Waals surface area contributed by atoms with Gasteiger partial charge in [0.1, 0.15) is 17.2 Å². The van der Waals surface area contributed by atoms with Crippen molar-refractivity contribution in [1.82, 2.24) is 4.98 Å². The Labute approximate surface area is 147 Å². The molecule has 0 fully saturated rings. The van der Waals surface area contributed by atoms with Crippen LogP contribution in [0, 0.1) is 0 Å². The van der Waals surface area contributed by atoms with Crippen molar-refractivity contribution in [2.24, 2.45) is 0 Å². The molecule has 0 spiro atoms. The zero-order valence-corrected chi connectivity index (χ0v) is 13.6. The minimum atomic E-state index is -0.574. The van der Waals surface area contributed by atoms with E-state index in [9.17, 15) is 14.7 Å². The topological polar surface area (TPSA) is 102 Å². The monoisotopic (exact) mass is 360 g/mol. The van der Waals surface area contributed by atoms with Crippen molar-refractivity contribution in [2.75, 3.05) is 11.9 Å². The Morgan fingerprint density at radius 2 is 2.12 bits per heavy atom. The number of benzene rings is 1. The van der Waals surface area contributed by atoms with E-state index < -0.39 is 18.5 Å². The third-order valence-corrected chi connectivity index (χ3v) is 3.56. The van der Waals surface area contributed by atoms with Gasteiger partial charge in [-0.25, -0.2) is 4.98 Å². The number of phenols is 1. The number of phenolic OH excluding ortho intramolecular Hbond substituents is 1. The van der Waals surface area contributed by atoms with Gasteiger partial charge in [0, 0.05) is 23.2 Å². The summed E-state index contributed by atoms with van der Waals surface area (Å²) in [5.41, 5.74) is 1.08. The number of carbonyl (C=O) groups excluding carboxylic acids is 2. The van der Waals surface area contributed by atoms with Gasteiger partial charge in [-0.15, -0.1) is 0 Å². The van der Waals surface area contributed by atoms with Gasteiger partial charge in [0.05, 0.1) is 17.7 Å². The molecule has 7 nitrogen and oxygen atoms in total. The van der Waals surface area contributed by atoms with Gasteiger partial charge < -0.3 is 19.6 Å². The molecule has 0 aliphatic rings. The minimum absolute atomic E-state index is 0.0513. The average molecular weight is 361 g/mol. The fourth-order valence-electron chi connectivity index (χ4n) is 2.19. The van der Waals surface area contributed by atoms with Crippen LogP contribution in [0.2, 0.25) is 5.02 Å². The number of amides is 1. The van der Waals surface area contributed by atoms with Crippen LogP contribution in [-0.2, 0) is 20.7 Å². The smallest absolute Gasteiger partial charge is 0.310 e. The molecule has 3 rings (SSSR count). The van der Waals surface area contributed by atoms with Gasteiger partial charge in [-0.3, -0.25) is 9.59 Å². The highest BCUT2D eigenvalue weighted by atomic mass is 35.5. The highest BCUT2D eigenvalue weighted by molar-refractivity contribution is 6.30. The van der Waals surface area contributed by atoms with Crippen molar-refractivity contribution in [2.45, 2.75) is 6.42 Å². The van der Waals surface area contributed by atoms with Crippen LogP contribution in [0.25, 0.3) is 11.0 Å². The quantitative estimate of drug-likeness (QED) is 0.678. The Morgan fingerprint density at radius 1 is 1.28 bits per heavy atom. The number of nitrogens with one attached hydrogen (secondary N) is 1. The van der Waals surface area contributed by atoms with Crippen LogP contribution >= 0.6 is 11.6 Å². The number of hydrogen-bond donors (Lipinski definition) is 2. The zero-order valence-electron chi connectivity index (χ0n) is 12.9. The predicted octanol–water partition coefficient (Wildman–Crippen LogP) is 2.91. The van der Waals surface area contributed by atoms with Crippen LogP contribution in [0.1, 0.15) is 5.56 Å². The zero-order chi connectivity index (χ0) is 17.8. The standard InChI is InChI=1S/C17H13ClN2O5/c18-11-1-4-15(19-7-11)20-16(22)9-25-17(23)5-10-8-24-14-6-12(21)2-3-13(10)14/h1-4,6-8,21H,5,9H2,(H,19,20,22). The number of furan rings is 1.